The fraction of sp³-hybridized carbons (Fsp3) is 0.250. The second kappa shape index (κ2) is 3.41. The van der Waals surface area contributed by atoms with E-state index in [-0.39, 0.29) is 0 Å². The molecule has 0 aromatic carbocycles. The van der Waals surface area contributed by atoms with Crippen LogP contribution >= 0.6 is 0 Å². The number of nitrogens with zero attached hydrogens (tertiary/aromatic N) is 2. The normalized spacial score (nSPS) is 16.7. The molecule has 0 aliphatic heterocycles. The predicted octanol–water partition coefficient (Wildman–Crippen LogP) is 1.85. The molecule has 5 nitrogen and oxygen atoms in total. The molecule has 1 fully saturated rings. The molecular weight excluding hydrogens is 220 g/mol. The molecular formula is C12H10N2O3. The molecule has 1 aliphatic rings. The van der Waals surface area contributed by atoms with Crippen LogP contribution in [0.1, 0.15) is 18.5 Å². The molecule has 1 aliphatic carbocycles. The number of hydrogen-bond acceptors (Lipinski definition) is 4. The van der Waals surface area contributed by atoms with Crippen molar-refractivity contribution in [3.8, 4) is 11.5 Å². The molecule has 0 amide bonds. The fourth-order valence-electron chi connectivity index (χ4n) is 1.83. The van der Waals surface area contributed by atoms with Gasteiger partial charge in [-0.25, -0.2) is 4.98 Å². The van der Waals surface area contributed by atoms with E-state index >= 15 is 0 Å². The second-order valence-electron chi connectivity index (χ2n) is 4.16. The van der Waals surface area contributed by atoms with E-state index in [0.717, 1.165) is 5.56 Å². The Morgan fingerprint density at radius 3 is 2.65 bits per heavy atom. The van der Waals surface area contributed by atoms with E-state index in [1.165, 1.54) is 6.26 Å². The van der Waals surface area contributed by atoms with Gasteiger partial charge in [0.05, 0.1) is 5.69 Å². The van der Waals surface area contributed by atoms with Crippen LogP contribution in [0.15, 0.2) is 35.2 Å². The number of rotatable bonds is 3. The van der Waals surface area contributed by atoms with Crippen LogP contribution in [0.4, 0.5) is 0 Å². The lowest BCUT2D eigenvalue weighted by atomic mass is 10.0. The van der Waals surface area contributed by atoms with Crippen molar-refractivity contribution in [3.63, 3.8) is 0 Å². The van der Waals surface area contributed by atoms with Crippen molar-refractivity contribution in [3.05, 3.63) is 36.5 Å². The first-order valence-corrected chi connectivity index (χ1v) is 5.32. The number of hydrogen-bond donors (Lipinski definition) is 1. The SMILES string of the molecule is O=C(O)C1(c2coc(-c3ccncc3)n2)CC1. The Morgan fingerprint density at radius 1 is 1.35 bits per heavy atom. The van der Waals surface area contributed by atoms with Gasteiger partial charge in [0.2, 0.25) is 5.89 Å². The quantitative estimate of drug-likeness (QED) is 0.870. The summed E-state index contributed by atoms with van der Waals surface area (Å²) in [7, 11) is 0. The molecule has 0 spiro atoms. The van der Waals surface area contributed by atoms with Crippen molar-refractivity contribution < 1.29 is 14.3 Å². The van der Waals surface area contributed by atoms with Crippen LogP contribution in [0.2, 0.25) is 0 Å². The van der Waals surface area contributed by atoms with Crippen molar-refractivity contribution >= 4 is 5.97 Å². The summed E-state index contributed by atoms with van der Waals surface area (Å²) in [6.07, 6.45) is 5.98. The monoisotopic (exact) mass is 230 g/mol. The molecule has 0 atom stereocenters. The summed E-state index contributed by atoms with van der Waals surface area (Å²) in [5.41, 5.74) is 0.499. The minimum absolute atomic E-state index is 0.440. The van der Waals surface area contributed by atoms with Crippen molar-refractivity contribution in [1.29, 1.82) is 0 Å². The van der Waals surface area contributed by atoms with Gasteiger partial charge in [0.25, 0.3) is 0 Å². The van der Waals surface area contributed by atoms with Gasteiger partial charge in [-0.15, -0.1) is 0 Å². The minimum atomic E-state index is -0.827. The van der Waals surface area contributed by atoms with Crippen LogP contribution in [0.25, 0.3) is 11.5 Å². The van der Waals surface area contributed by atoms with Crippen molar-refractivity contribution in [2.45, 2.75) is 18.3 Å². The number of pyridine rings is 1. The van der Waals surface area contributed by atoms with Gasteiger partial charge in [-0.05, 0) is 25.0 Å². The largest absolute Gasteiger partial charge is 0.481 e. The third kappa shape index (κ3) is 1.51. The van der Waals surface area contributed by atoms with Crippen LogP contribution in [-0.4, -0.2) is 21.0 Å². The summed E-state index contributed by atoms with van der Waals surface area (Å²) in [4.78, 5) is 19.3. The minimum Gasteiger partial charge on any atom is -0.481 e. The fourth-order valence-corrected chi connectivity index (χ4v) is 1.83. The molecule has 1 N–H and O–H groups in total. The molecule has 5 heteroatoms. The topological polar surface area (TPSA) is 76.2 Å². The van der Waals surface area contributed by atoms with Crippen molar-refractivity contribution in [2.24, 2.45) is 0 Å². The highest BCUT2D eigenvalue weighted by molar-refractivity contribution is 5.84. The van der Waals surface area contributed by atoms with E-state index in [1.807, 2.05) is 0 Å². The maximum atomic E-state index is 11.1. The Labute approximate surface area is 97.1 Å². The highest BCUT2D eigenvalue weighted by Gasteiger charge is 2.54. The zero-order chi connectivity index (χ0) is 11.9. The van der Waals surface area contributed by atoms with E-state index < -0.39 is 11.4 Å². The van der Waals surface area contributed by atoms with Gasteiger partial charge in [0.1, 0.15) is 11.7 Å². The molecule has 3 rings (SSSR count). The van der Waals surface area contributed by atoms with Gasteiger partial charge in [0, 0.05) is 18.0 Å². The smallest absolute Gasteiger partial charge is 0.315 e. The van der Waals surface area contributed by atoms with Crippen molar-refractivity contribution in [1.82, 2.24) is 9.97 Å². The number of aromatic nitrogens is 2. The van der Waals surface area contributed by atoms with Crippen LogP contribution in [-0.2, 0) is 10.2 Å². The first-order valence-electron chi connectivity index (χ1n) is 5.32. The number of carboxylic acid groups (broad SMARTS) is 1. The third-order valence-electron chi connectivity index (χ3n) is 3.08. The molecule has 0 unspecified atom stereocenters. The molecule has 0 bridgehead atoms. The van der Waals surface area contributed by atoms with E-state index in [9.17, 15) is 4.79 Å². The van der Waals surface area contributed by atoms with Crippen LogP contribution in [0.3, 0.4) is 0 Å². The average molecular weight is 230 g/mol. The lowest BCUT2D eigenvalue weighted by Gasteiger charge is -2.02. The maximum Gasteiger partial charge on any atom is 0.315 e. The van der Waals surface area contributed by atoms with E-state index in [4.69, 9.17) is 9.52 Å². The van der Waals surface area contributed by atoms with E-state index in [2.05, 4.69) is 9.97 Å². The zero-order valence-electron chi connectivity index (χ0n) is 8.96. The Bertz CT molecular complexity index is 558. The highest BCUT2D eigenvalue weighted by Crippen LogP contribution is 2.48. The van der Waals surface area contributed by atoms with E-state index in [0.29, 0.717) is 24.4 Å². The first kappa shape index (κ1) is 10.0. The molecule has 0 radical (unpaired) electrons. The molecule has 1 saturated carbocycles. The van der Waals surface area contributed by atoms with Gasteiger partial charge >= 0.3 is 5.97 Å². The maximum absolute atomic E-state index is 11.1. The summed E-state index contributed by atoms with van der Waals surface area (Å²) < 4.78 is 5.32. The summed E-state index contributed by atoms with van der Waals surface area (Å²) >= 11 is 0. The Kier molecular flexibility index (Phi) is 2.01. The highest BCUT2D eigenvalue weighted by atomic mass is 16.4. The van der Waals surface area contributed by atoms with Gasteiger partial charge in [-0.2, -0.15) is 0 Å². The second-order valence-corrected chi connectivity index (χ2v) is 4.16. The number of carboxylic acids is 1. The number of aliphatic carboxylic acids is 1. The first-order chi connectivity index (χ1) is 8.22. The van der Waals surface area contributed by atoms with Gasteiger partial charge in [-0.1, -0.05) is 0 Å². The Balaban J connectivity index is 1.97. The number of carbonyl (C=O) groups is 1. The summed E-state index contributed by atoms with van der Waals surface area (Å²) in [5.74, 6) is -0.387. The van der Waals surface area contributed by atoms with Crippen LogP contribution in [0.5, 0.6) is 0 Å². The molecule has 2 heterocycles. The summed E-state index contributed by atoms with van der Waals surface area (Å²) in [5, 5.41) is 9.15. The molecule has 2 aromatic heterocycles. The lowest BCUT2D eigenvalue weighted by Crippen LogP contribution is -2.19. The molecule has 17 heavy (non-hydrogen) atoms. The average Bonchev–Trinajstić information content (AvgIpc) is 3.02. The molecule has 2 aromatic rings. The molecule has 0 saturated heterocycles. The number of oxazole rings is 1. The summed E-state index contributed by atoms with van der Waals surface area (Å²) in [6.45, 7) is 0. The lowest BCUT2D eigenvalue weighted by molar-refractivity contribution is -0.140. The Hall–Kier alpha value is -2.17. The van der Waals surface area contributed by atoms with Crippen molar-refractivity contribution in [2.75, 3.05) is 0 Å². The standard InChI is InChI=1S/C12H10N2O3/c15-11(16)12(3-4-12)9-7-17-10(14-9)8-1-5-13-6-2-8/h1-2,5-7H,3-4H2,(H,15,16). The summed E-state index contributed by atoms with van der Waals surface area (Å²) in [6, 6.07) is 3.55. The van der Waals surface area contributed by atoms with E-state index in [1.54, 1.807) is 24.5 Å². The van der Waals surface area contributed by atoms with Crippen LogP contribution < -0.4 is 0 Å². The van der Waals surface area contributed by atoms with Crippen LogP contribution in [0, 0.1) is 0 Å². The zero-order valence-corrected chi connectivity index (χ0v) is 8.96. The Morgan fingerprint density at radius 2 is 2.06 bits per heavy atom. The van der Waals surface area contributed by atoms with Gasteiger partial charge in [0.15, 0.2) is 0 Å². The van der Waals surface area contributed by atoms with Gasteiger partial charge < -0.3 is 9.52 Å². The third-order valence-corrected chi connectivity index (χ3v) is 3.08. The van der Waals surface area contributed by atoms with Gasteiger partial charge in [-0.3, -0.25) is 9.78 Å². The molecule has 86 valence electrons. The predicted molar refractivity (Wildman–Crippen MR) is 58.3 cm³/mol.